The first-order chi connectivity index (χ1) is 9.15. The maximum absolute atomic E-state index is 12.2. The Morgan fingerprint density at radius 2 is 1.75 bits per heavy atom. The molecule has 0 aromatic heterocycles. The second-order valence-electron chi connectivity index (χ2n) is 5.57. The predicted octanol–water partition coefficient (Wildman–Crippen LogP) is 1.45. The standard InChI is InChI=1S/C13H21NO6/c1-8(15)19-10-7-6-9(11(16)18-5)14(10)12(17)20-13(2,3)4/h9-10H,6-7H2,1-5H3. The molecule has 0 aromatic rings. The van der Waals surface area contributed by atoms with Gasteiger partial charge in [0.1, 0.15) is 11.6 Å². The zero-order valence-corrected chi connectivity index (χ0v) is 12.5. The molecule has 0 spiro atoms. The Morgan fingerprint density at radius 1 is 1.15 bits per heavy atom. The number of rotatable bonds is 2. The Kier molecular flexibility index (Phi) is 4.97. The van der Waals surface area contributed by atoms with Gasteiger partial charge in [0.2, 0.25) is 0 Å². The van der Waals surface area contributed by atoms with Crippen molar-refractivity contribution in [3.05, 3.63) is 0 Å². The van der Waals surface area contributed by atoms with Gasteiger partial charge in [0.15, 0.2) is 6.23 Å². The quantitative estimate of drug-likeness (QED) is 0.564. The molecule has 1 rings (SSSR count). The van der Waals surface area contributed by atoms with Crippen LogP contribution in [-0.4, -0.2) is 47.9 Å². The number of likely N-dealkylation sites (tertiary alicyclic amines) is 1. The topological polar surface area (TPSA) is 82.1 Å². The number of carbonyl (C=O) groups excluding carboxylic acids is 3. The monoisotopic (exact) mass is 287 g/mol. The Bertz CT molecular complexity index is 400. The summed E-state index contributed by atoms with van der Waals surface area (Å²) in [6, 6.07) is -0.792. The fraction of sp³-hybridized carbons (Fsp3) is 0.769. The van der Waals surface area contributed by atoms with E-state index >= 15 is 0 Å². The van der Waals surface area contributed by atoms with Gasteiger partial charge >= 0.3 is 18.0 Å². The number of hydrogen-bond donors (Lipinski definition) is 0. The minimum atomic E-state index is -0.800. The molecule has 0 bridgehead atoms. The van der Waals surface area contributed by atoms with Crippen molar-refractivity contribution in [2.24, 2.45) is 0 Å². The summed E-state index contributed by atoms with van der Waals surface area (Å²) in [5.74, 6) is -1.07. The number of methoxy groups -OCH3 is 1. The van der Waals surface area contributed by atoms with Crippen molar-refractivity contribution in [2.45, 2.75) is 58.4 Å². The van der Waals surface area contributed by atoms with Gasteiger partial charge in [0, 0.05) is 13.3 Å². The highest BCUT2D eigenvalue weighted by Crippen LogP contribution is 2.28. The molecule has 1 saturated heterocycles. The summed E-state index contributed by atoms with van der Waals surface area (Å²) in [7, 11) is 1.24. The fourth-order valence-corrected chi connectivity index (χ4v) is 2.01. The van der Waals surface area contributed by atoms with Gasteiger partial charge in [-0.1, -0.05) is 0 Å². The molecule has 1 fully saturated rings. The van der Waals surface area contributed by atoms with Gasteiger partial charge in [-0.15, -0.1) is 0 Å². The average Bonchev–Trinajstić information content (AvgIpc) is 2.68. The van der Waals surface area contributed by atoms with Crippen molar-refractivity contribution < 1.29 is 28.6 Å². The normalized spacial score (nSPS) is 22.4. The molecule has 7 nitrogen and oxygen atoms in total. The van der Waals surface area contributed by atoms with Crippen LogP contribution in [0.3, 0.4) is 0 Å². The van der Waals surface area contributed by atoms with Crippen LogP contribution in [-0.2, 0) is 23.8 Å². The number of carbonyl (C=O) groups is 3. The lowest BCUT2D eigenvalue weighted by Crippen LogP contribution is -2.48. The van der Waals surface area contributed by atoms with Gasteiger partial charge in [-0.2, -0.15) is 0 Å². The third kappa shape index (κ3) is 4.11. The van der Waals surface area contributed by atoms with Gasteiger partial charge in [-0.3, -0.25) is 9.69 Å². The molecule has 1 aliphatic rings. The van der Waals surface area contributed by atoms with E-state index in [4.69, 9.17) is 9.47 Å². The molecule has 0 radical (unpaired) electrons. The number of esters is 2. The van der Waals surface area contributed by atoms with E-state index in [0.717, 1.165) is 4.90 Å². The molecule has 1 heterocycles. The van der Waals surface area contributed by atoms with Crippen molar-refractivity contribution in [2.75, 3.05) is 7.11 Å². The number of nitrogens with zero attached hydrogens (tertiary/aromatic N) is 1. The minimum Gasteiger partial charge on any atom is -0.467 e. The number of hydrogen-bond acceptors (Lipinski definition) is 6. The van der Waals surface area contributed by atoms with Crippen molar-refractivity contribution in [3.63, 3.8) is 0 Å². The molecule has 2 unspecified atom stereocenters. The van der Waals surface area contributed by atoms with E-state index in [1.807, 2.05) is 0 Å². The molecule has 20 heavy (non-hydrogen) atoms. The van der Waals surface area contributed by atoms with Gasteiger partial charge in [0.25, 0.3) is 0 Å². The predicted molar refractivity (Wildman–Crippen MR) is 68.7 cm³/mol. The molecule has 0 saturated carbocycles. The van der Waals surface area contributed by atoms with Gasteiger partial charge in [-0.25, -0.2) is 9.59 Å². The van der Waals surface area contributed by atoms with E-state index < -0.39 is 35.9 Å². The Morgan fingerprint density at radius 3 is 2.20 bits per heavy atom. The molecule has 114 valence electrons. The molecule has 1 amide bonds. The van der Waals surface area contributed by atoms with Gasteiger partial charge in [0.05, 0.1) is 7.11 Å². The van der Waals surface area contributed by atoms with Crippen LogP contribution in [0.25, 0.3) is 0 Å². The SMILES string of the molecule is COC(=O)C1CCC(OC(C)=O)N1C(=O)OC(C)(C)C. The summed E-state index contributed by atoms with van der Waals surface area (Å²) < 4.78 is 15.0. The van der Waals surface area contributed by atoms with Crippen LogP contribution in [0.4, 0.5) is 4.79 Å². The second kappa shape index (κ2) is 6.11. The summed E-state index contributed by atoms with van der Waals surface area (Å²) in [5.41, 5.74) is -0.707. The summed E-state index contributed by atoms with van der Waals surface area (Å²) in [4.78, 5) is 36.1. The van der Waals surface area contributed by atoms with Crippen LogP contribution in [0.2, 0.25) is 0 Å². The van der Waals surface area contributed by atoms with E-state index in [1.165, 1.54) is 14.0 Å². The molecule has 1 aliphatic heterocycles. The van der Waals surface area contributed by atoms with Crippen LogP contribution in [0.1, 0.15) is 40.5 Å². The Hall–Kier alpha value is -1.79. The molecule has 7 heteroatoms. The number of amides is 1. The highest BCUT2D eigenvalue weighted by molar-refractivity contribution is 5.82. The third-order valence-electron chi connectivity index (χ3n) is 2.71. The molecule has 0 aliphatic carbocycles. The van der Waals surface area contributed by atoms with Crippen LogP contribution in [0.15, 0.2) is 0 Å². The third-order valence-corrected chi connectivity index (χ3v) is 2.71. The molecular formula is C13H21NO6. The van der Waals surface area contributed by atoms with Crippen molar-refractivity contribution in [1.29, 1.82) is 0 Å². The van der Waals surface area contributed by atoms with E-state index in [1.54, 1.807) is 20.8 Å². The highest BCUT2D eigenvalue weighted by Gasteiger charge is 2.45. The van der Waals surface area contributed by atoms with Crippen molar-refractivity contribution in [1.82, 2.24) is 4.90 Å². The average molecular weight is 287 g/mol. The lowest BCUT2D eigenvalue weighted by molar-refractivity contribution is -0.159. The largest absolute Gasteiger partial charge is 0.467 e. The molecule has 0 aromatic carbocycles. The minimum absolute atomic E-state index is 0.365. The van der Waals surface area contributed by atoms with Crippen LogP contribution >= 0.6 is 0 Å². The Balaban J connectivity index is 2.92. The molecular weight excluding hydrogens is 266 g/mol. The van der Waals surface area contributed by atoms with Crippen molar-refractivity contribution >= 4 is 18.0 Å². The van der Waals surface area contributed by atoms with Crippen LogP contribution in [0.5, 0.6) is 0 Å². The first-order valence-electron chi connectivity index (χ1n) is 6.42. The summed E-state index contributed by atoms with van der Waals surface area (Å²) in [6.45, 7) is 6.40. The lowest BCUT2D eigenvalue weighted by atomic mass is 10.2. The van der Waals surface area contributed by atoms with E-state index in [2.05, 4.69) is 4.74 Å². The first-order valence-corrected chi connectivity index (χ1v) is 6.42. The zero-order valence-electron chi connectivity index (χ0n) is 12.5. The van der Waals surface area contributed by atoms with Crippen LogP contribution < -0.4 is 0 Å². The highest BCUT2D eigenvalue weighted by atomic mass is 16.6. The number of ether oxygens (including phenoxy) is 3. The van der Waals surface area contributed by atoms with Crippen molar-refractivity contribution in [3.8, 4) is 0 Å². The maximum Gasteiger partial charge on any atom is 0.413 e. The molecule has 0 N–H and O–H groups in total. The first kappa shape index (κ1) is 16.3. The lowest BCUT2D eigenvalue weighted by Gasteiger charge is -2.30. The van der Waals surface area contributed by atoms with Gasteiger partial charge in [-0.05, 0) is 27.2 Å². The molecule has 2 atom stereocenters. The smallest absolute Gasteiger partial charge is 0.413 e. The maximum atomic E-state index is 12.2. The Labute approximate surface area is 118 Å². The van der Waals surface area contributed by atoms with E-state index in [0.29, 0.717) is 12.8 Å². The summed E-state index contributed by atoms with van der Waals surface area (Å²) >= 11 is 0. The van der Waals surface area contributed by atoms with E-state index in [-0.39, 0.29) is 0 Å². The zero-order chi connectivity index (χ0) is 15.5. The van der Waals surface area contributed by atoms with Gasteiger partial charge < -0.3 is 14.2 Å². The summed E-state index contributed by atoms with van der Waals surface area (Å²) in [6.07, 6.45) is -0.759. The second-order valence-corrected chi connectivity index (χ2v) is 5.57. The fourth-order valence-electron chi connectivity index (χ4n) is 2.01. The summed E-state index contributed by atoms with van der Waals surface area (Å²) in [5, 5.41) is 0. The van der Waals surface area contributed by atoms with Crippen LogP contribution in [0, 0.1) is 0 Å². The van der Waals surface area contributed by atoms with E-state index in [9.17, 15) is 14.4 Å².